The molecule has 198 valence electrons. The van der Waals surface area contributed by atoms with Crippen LogP contribution in [-0.2, 0) is 15.9 Å². The molecule has 3 aliphatic rings. The van der Waals surface area contributed by atoms with Crippen LogP contribution in [0.5, 0.6) is 0 Å². The molecule has 2 spiro atoms. The van der Waals surface area contributed by atoms with Crippen LogP contribution in [0.2, 0.25) is 0 Å². The minimum absolute atomic E-state index is 0.851. The summed E-state index contributed by atoms with van der Waals surface area (Å²) in [6.07, 6.45) is 0. The topological polar surface area (TPSA) is 9.23 Å². The van der Waals surface area contributed by atoms with Crippen LogP contribution in [0, 0.1) is 0 Å². The Morgan fingerprint density at radius 3 is 1.05 bits per heavy atom. The zero-order valence-electron chi connectivity index (χ0n) is 21.0. The lowest BCUT2D eigenvalue weighted by molar-refractivity contribution is -0.0738. The highest BCUT2D eigenvalue weighted by molar-refractivity contribution is 9.11. The van der Waals surface area contributed by atoms with Crippen molar-refractivity contribution in [3.63, 3.8) is 0 Å². The van der Waals surface area contributed by atoms with Crippen molar-refractivity contribution in [3.05, 3.63) is 147 Å². The SMILES string of the molecule is Brc1ccc2c(c1)C1(OC3(c4cc(Br)ccc4-c4ccc(Br)cc43)c3ccsc3-c3sccc31)c1cc(Br)ccc1-2. The molecule has 0 radical (unpaired) electrons. The number of fused-ring (bicyclic) bond motifs is 15. The average molecular weight is 824 g/mol. The second kappa shape index (κ2) is 8.85. The minimum atomic E-state index is -0.851. The van der Waals surface area contributed by atoms with Gasteiger partial charge in [0.15, 0.2) is 0 Å². The van der Waals surface area contributed by atoms with Crippen molar-refractivity contribution in [2.24, 2.45) is 0 Å². The lowest BCUT2D eigenvalue weighted by Gasteiger charge is -2.41. The predicted octanol–water partition coefficient (Wildman–Crippen LogP) is 12.1. The molecule has 9 rings (SSSR count). The van der Waals surface area contributed by atoms with Gasteiger partial charge in [0.1, 0.15) is 11.2 Å². The van der Waals surface area contributed by atoms with E-state index in [0.29, 0.717) is 0 Å². The summed E-state index contributed by atoms with van der Waals surface area (Å²) >= 11 is 18.9. The average Bonchev–Trinajstić information content (AvgIpc) is 3.72. The van der Waals surface area contributed by atoms with Crippen LogP contribution >= 0.6 is 86.4 Å². The van der Waals surface area contributed by atoms with Crippen LogP contribution in [0.4, 0.5) is 0 Å². The van der Waals surface area contributed by atoms with Crippen LogP contribution in [0.1, 0.15) is 33.4 Å². The number of rotatable bonds is 0. The van der Waals surface area contributed by atoms with Gasteiger partial charge in [0, 0.05) is 51.3 Å². The highest BCUT2D eigenvalue weighted by Gasteiger charge is 2.59. The van der Waals surface area contributed by atoms with E-state index in [1.807, 2.05) is 0 Å². The molecule has 6 aromatic rings. The maximum Gasteiger partial charge on any atom is 0.148 e. The van der Waals surface area contributed by atoms with Gasteiger partial charge < -0.3 is 4.74 Å². The number of ether oxygens (including phenoxy) is 1. The van der Waals surface area contributed by atoms with E-state index in [9.17, 15) is 0 Å². The molecule has 0 bridgehead atoms. The Hall–Kier alpha value is -1.84. The van der Waals surface area contributed by atoms with Crippen molar-refractivity contribution >= 4 is 86.4 Å². The zero-order valence-corrected chi connectivity index (χ0v) is 29.0. The van der Waals surface area contributed by atoms with Gasteiger partial charge in [-0.3, -0.25) is 0 Å². The summed E-state index contributed by atoms with van der Waals surface area (Å²) in [7, 11) is 0. The Kier molecular flexibility index (Phi) is 5.53. The highest BCUT2D eigenvalue weighted by Crippen LogP contribution is 2.67. The van der Waals surface area contributed by atoms with Gasteiger partial charge in [0.2, 0.25) is 0 Å². The second-order valence-corrected chi connectivity index (χ2v) is 16.0. The zero-order chi connectivity index (χ0) is 27.7. The number of hydrogen-bond acceptors (Lipinski definition) is 3. The van der Waals surface area contributed by atoms with Crippen molar-refractivity contribution in [1.82, 2.24) is 0 Å². The van der Waals surface area contributed by atoms with E-state index in [0.717, 1.165) is 40.1 Å². The molecule has 1 aliphatic heterocycles. The summed E-state index contributed by atoms with van der Waals surface area (Å²) in [5, 5.41) is 4.43. The van der Waals surface area contributed by atoms with E-state index in [1.54, 1.807) is 22.7 Å². The first kappa shape index (κ1) is 25.6. The van der Waals surface area contributed by atoms with Crippen LogP contribution in [0.25, 0.3) is 32.0 Å². The summed E-state index contributed by atoms with van der Waals surface area (Å²) in [5.41, 5.74) is 10.1. The molecule has 0 N–H and O–H groups in total. The van der Waals surface area contributed by atoms with Crippen LogP contribution in [-0.4, -0.2) is 0 Å². The number of hydrogen-bond donors (Lipinski definition) is 0. The quantitative estimate of drug-likeness (QED) is 0.148. The maximum absolute atomic E-state index is 8.13. The summed E-state index contributed by atoms with van der Waals surface area (Å²) < 4.78 is 12.3. The lowest BCUT2D eigenvalue weighted by Crippen LogP contribution is -2.41. The van der Waals surface area contributed by atoms with E-state index < -0.39 is 11.2 Å². The largest absolute Gasteiger partial charge is 0.340 e. The van der Waals surface area contributed by atoms with Gasteiger partial charge in [0.25, 0.3) is 0 Å². The summed E-state index contributed by atoms with van der Waals surface area (Å²) in [4.78, 5) is 2.54. The van der Waals surface area contributed by atoms with Crippen LogP contribution < -0.4 is 0 Å². The first-order valence-corrected chi connectivity index (χ1v) is 17.9. The van der Waals surface area contributed by atoms with Crippen molar-refractivity contribution in [2.75, 3.05) is 0 Å². The molecule has 3 heterocycles. The predicted molar refractivity (Wildman–Crippen MR) is 183 cm³/mol. The Morgan fingerprint density at radius 2 is 0.732 bits per heavy atom. The molecule has 0 fully saturated rings. The molecule has 2 aromatic heterocycles. The van der Waals surface area contributed by atoms with Crippen LogP contribution in [0.3, 0.4) is 0 Å². The minimum Gasteiger partial charge on any atom is -0.340 e. The fourth-order valence-electron chi connectivity index (χ4n) is 7.13. The molecule has 0 unspecified atom stereocenters. The number of thiophene rings is 2. The molecular weight excluding hydrogens is 808 g/mol. The molecule has 0 saturated carbocycles. The fraction of sp³-hybridized carbons (Fsp3) is 0.0588. The molecule has 4 aromatic carbocycles. The Balaban J connectivity index is 1.51. The van der Waals surface area contributed by atoms with Crippen molar-refractivity contribution < 1.29 is 4.74 Å². The molecular formula is C34H16Br4OS2. The van der Waals surface area contributed by atoms with E-state index in [1.165, 1.54) is 43.1 Å². The molecule has 1 nitrogen and oxygen atoms in total. The smallest absolute Gasteiger partial charge is 0.148 e. The normalized spacial score (nSPS) is 16.1. The van der Waals surface area contributed by atoms with E-state index in [2.05, 4.69) is 159 Å². The molecule has 41 heavy (non-hydrogen) atoms. The van der Waals surface area contributed by atoms with E-state index in [-0.39, 0.29) is 0 Å². The van der Waals surface area contributed by atoms with E-state index >= 15 is 0 Å². The fourth-order valence-corrected chi connectivity index (χ4v) is 10.7. The van der Waals surface area contributed by atoms with Crippen molar-refractivity contribution in [3.8, 4) is 32.0 Å². The third-order valence-corrected chi connectivity index (χ3v) is 12.6. The molecule has 0 atom stereocenters. The van der Waals surface area contributed by atoms with Gasteiger partial charge in [-0.25, -0.2) is 0 Å². The third-order valence-electron chi connectivity index (χ3n) is 8.63. The van der Waals surface area contributed by atoms with Crippen LogP contribution in [0.15, 0.2) is 114 Å². The molecule has 0 amide bonds. The van der Waals surface area contributed by atoms with Crippen molar-refractivity contribution in [1.29, 1.82) is 0 Å². The summed E-state index contributed by atoms with van der Waals surface area (Å²) in [6.45, 7) is 0. The number of benzene rings is 4. The molecule has 7 heteroatoms. The monoisotopic (exact) mass is 820 g/mol. The Morgan fingerprint density at radius 1 is 0.415 bits per heavy atom. The van der Waals surface area contributed by atoms with Gasteiger partial charge in [-0.15, -0.1) is 22.7 Å². The van der Waals surface area contributed by atoms with Gasteiger partial charge in [-0.2, -0.15) is 0 Å². The first-order chi connectivity index (χ1) is 19.9. The standard InChI is InChI=1S/C34H16Br4OS2/c35-17-1-5-21-22-6-2-18(36)14-28(22)33(27(21)13-17)25-9-11-40-31(25)32-26(10-12-41-32)34(39-33)29-15-19(37)3-7-23(29)24-8-4-20(38)16-30(24)34/h1-16H. The van der Waals surface area contributed by atoms with Gasteiger partial charge in [-0.1, -0.05) is 88.0 Å². The summed E-state index contributed by atoms with van der Waals surface area (Å²) in [6, 6.07) is 31.1. The van der Waals surface area contributed by atoms with Gasteiger partial charge >= 0.3 is 0 Å². The molecule has 2 aliphatic carbocycles. The van der Waals surface area contributed by atoms with E-state index in [4.69, 9.17) is 4.74 Å². The maximum atomic E-state index is 8.13. The Bertz CT molecular complexity index is 1850. The van der Waals surface area contributed by atoms with Gasteiger partial charge in [0.05, 0.1) is 9.75 Å². The third kappa shape index (κ3) is 3.24. The second-order valence-electron chi connectivity index (χ2n) is 10.6. The number of halogens is 4. The highest BCUT2D eigenvalue weighted by atomic mass is 79.9. The first-order valence-electron chi connectivity index (χ1n) is 13.0. The lowest BCUT2D eigenvalue weighted by atomic mass is 9.81. The van der Waals surface area contributed by atoms with Crippen molar-refractivity contribution in [2.45, 2.75) is 11.2 Å². The Labute approximate surface area is 278 Å². The summed E-state index contributed by atoms with van der Waals surface area (Å²) in [5.74, 6) is 0. The van der Waals surface area contributed by atoms with Gasteiger partial charge in [-0.05, 0) is 93.7 Å². The molecule has 0 saturated heterocycles.